The van der Waals surface area contributed by atoms with Crippen molar-refractivity contribution >= 4 is 48.5 Å². The van der Waals surface area contributed by atoms with E-state index in [1.807, 2.05) is 48.5 Å². The highest BCUT2D eigenvalue weighted by Crippen LogP contribution is 2.32. The molecule has 0 unspecified atom stereocenters. The van der Waals surface area contributed by atoms with Gasteiger partial charge in [-0.1, -0.05) is 62.8 Å². The second-order valence-electron chi connectivity index (χ2n) is 7.82. The second-order valence-corrected chi connectivity index (χ2v) is 9.74. The van der Waals surface area contributed by atoms with Crippen LogP contribution in [0.4, 0.5) is 5.13 Å². The molecule has 0 spiro atoms. The average Bonchev–Trinajstić information content (AvgIpc) is 3.50. The lowest BCUT2D eigenvalue weighted by Gasteiger charge is -2.27. The molecule has 5 rings (SSSR count). The van der Waals surface area contributed by atoms with E-state index in [4.69, 9.17) is 14.2 Å². The Morgan fingerprint density at radius 3 is 2.76 bits per heavy atom. The van der Waals surface area contributed by atoms with Gasteiger partial charge < -0.3 is 9.26 Å². The van der Waals surface area contributed by atoms with Gasteiger partial charge >= 0.3 is 0 Å². The normalized spacial score (nSPS) is 14.6. The Hall–Kier alpha value is -2.59. The predicted molar refractivity (Wildman–Crippen MR) is 133 cm³/mol. The van der Waals surface area contributed by atoms with E-state index in [1.54, 1.807) is 11.0 Å². The lowest BCUT2D eigenvalue weighted by Crippen LogP contribution is -2.39. The molecule has 2 aromatic heterocycles. The van der Waals surface area contributed by atoms with E-state index in [1.165, 1.54) is 11.3 Å². The number of carbonyl (C=O) groups is 1. The first kappa shape index (κ1) is 22.2. The summed E-state index contributed by atoms with van der Waals surface area (Å²) in [5.41, 5.74) is 2.03. The second kappa shape index (κ2) is 10.1. The van der Waals surface area contributed by atoms with Crippen molar-refractivity contribution in [2.24, 2.45) is 0 Å². The molecule has 1 fully saturated rings. The number of aromatic nitrogens is 2. The fourth-order valence-electron chi connectivity index (χ4n) is 3.82. The molecule has 0 atom stereocenters. The number of nitrogens with zero attached hydrogens (tertiary/aromatic N) is 4. The van der Waals surface area contributed by atoms with E-state index in [-0.39, 0.29) is 11.6 Å². The van der Waals surface area contributed by atoms with Crippen molar-refractivity contribution < 1.29 is 14.1 Å². The molecule has 9 heteroatoms. The van der Waals surface area contributed by atoms with Gasteiger partial charge in [0.25, 0.3) is 5.91 Å². The van der Waals surface area contributed by atoms with Gasteiger partial charge in [0, 0.05) is 42.3 Å². The monoisotopic (exact) mass is 526 g/mol. The molecule has 0 N–H and O–H groups in total. The van der Waals surface area contributed by atoms with E-state index in [0.29, 0.717) is 17.4 Å². The van der Waals surface area contributed by atoms with Gasteiger partial charge in [-0.15, -0.1) is 0 Å². The number of halogens is 1. The smallest absolute Gasteiger partial charge is 0.282 e. The van der Waals surface area contributed by atoms with Gasteiger partial charge in [-0.2, -0.15) is 0 Å². The summed E-state index contributed by atoms with van der Waals surface area (Å²) in [6.45, 7) is 4.81. The number of amides is 1. The predicted octanol–water partition coefficient (Wildman–Crippen LogP) is 5.08. The minimum Gasteiger partial charge on any atom is -0.379 e. The summed E-state index contributed by atoms with van der Waals surface area (Å²) in [5, 5.41) is 4.75. The van der Waals surface area contributed by atoms with Crippen LogP contribution in [-0.4, -0.2) is 60.3 Å². The van der Waals surface area contributed by atoms with E-state index in [2.05, 4.69) is 26.0 Å². The van der Waals surface area contributed by atoms with Gasteiger partial charge in [0.05, 0.1) is 23.4 Å². The molecule has 0 saturated carbocycles. The number of thiazole rings is 1. The largest absolute Gasteiger partial charge is 0.379 e. The zero-order chi connectivity index (χ0) is 22.6. The van der Waals surface area contributed by atoms with Gasteiger partial charge in [0.2, 0.25) is 0 Å². The minimum absolute atomic E-state index is 0.207. The van der Waals surface area contributed by atoms with Crippen molar-refractivity contribution in [3.8, 4) is 11.3 Å². The van der Waals surface area contributed by atoms with Gasteiger partial charge in [-0.05, 0) is 24.6 Å². The summed E-state index contributed by atoms with van der Waals surface area (Å²) in [6.07, 6.45) is 0.828. The van der Waals surface area contributed by atoms with Crippen molar-refractivity contribution in [2.75, 3.05) is 44.3 Å². The molecule has 1 amide bonds. The maximum atomic E-state index is 13.5. The van der Waals surface area contributed by atoms with Crippen LogP contribution < -0.4 is 4.90 Å². The van der Waals surface area contributed by atoms with Crippen LogP contribution in [0.2, 0.25) is 0 Å². The molecule has 1 saturated heterocycles. The molecule has 170 valence electrons. The van der Waals surface area contributed by atoms with Crippen LogP contribution >= 0.6 is 27.3 Å². The Kier molecular flexibility index (Phi) is 6.82. The fraction of sp³-hybridized carbons (Fsp3) is 0.292. The summed E-state index contributed by atoms with van der Waals surface area (Å²) in [7, 11) is 0. The Morgan fingerprint density at radius 2 is 1.94 bits per heavy atom. The highest BCUT2D eigenvalue weighted by molar-refractivity contribution is 9.10. The van der Waals surface area contributed by atoms with Gasteiger partial charge in [-0.25, -0.2) is 4.98 Å². The SMILES string of the molecule is O=C(c1cc(-c2ccccc2)on1)N(CCCN1CCOCC1)c1nc2ccc(Br)cc2s1. The molecule has 3 heterocycles. The van der Waals surface area contributed by atoms with Crippen LogP contribution in [0.3, 0.4) is 0 Å². The Bertz CT molecular complexity index is 1240. The van der Waals surface area contributed by atoms with Crippen molar-refractivity contribution in [1.29, 1.82) is 0 Å². The number of anilines is 1. The number of morpholine rings is 1. The van der Waals surface area contributed by atoms with Crippen LogP contribution in [0, 0.1) is 0 Å². The number of ether oxygens (including phenoxy) is 1. The number of carbonyl (C=O) groups excluding carboxylic acids is 1. The van der Waals surface area contributed by atoms with Crippen molar-refractivity contribution in [1.82, 2.24) is 15.0 Å². The molecular weight excluding hydrogens is 504 g/mol. The molecular formula is C24H23BrN4O3S. The summed E-state index contributed by atoms with van der Waals surface area (Å²) in [4.78, 5) is 22.4. The maximum absolute atomic E-state index is 13.5. The number of fused-ring (bicyclic) bond motifs is 1. The first-order valence-corrected chi connectivity index (χ1v) is 12.5. The molecule has 2 aromatic carbocycles. The van der Waals surface area contributed by atoms with Crippen molar-refractivity contribution in [3.63, 3.8) is 0 Å². The first-order chi connectivity index (χ1) is 16.2. The van der Waals surface area contributed by atoms with E-state index in [0.717, 1.165) is 59.5 Å². The lowest BCUT2D eigenvalue weighted by molar-refractivity contribution is 0.0376. The standard InChI is InChI=1S/C24H23BrN4O3S/c25-18-7-8-19-22(15-18)33-24(26-19)29(10-4-9-28-11-13-31-14-12-28)23(30)20-16-21(32-27-20)17-5-2-1-3-6-17/h1-3,5-8,15-16H,4,9-14H2. The zero-order valence-electron chi connectivity index (χ0n) is 17.9. The highest BCUT2D eigenvalue weighted by Gasteiger charge is 2.25. The van der Waals surface area contributed by atoms with Crippen LogP contribution in [0.15, 0.2) is 63.6 Å². The first-order valence-electron chi connectivity index (χ1n) is 10.9. The lowest BCUT2D eigenvalue weighted by atomic mass is 10.1. The third-order valence-corrected chi connectivity index (χ3v) is 7.10. The maximum Gasteiger partial charge on any atom is 0.282 e. The van der Waals surface area contributed by atoms with E-state index >= 15 is 0 Å². The van der Waals surface area contributed by atoms with Crippen LogP contribution in [0.25, 0.3) is 21.5 Å². The van der Waals surface area contributed by atoms with Crippen LogP contribution in [-0.2, 0) is 4.74 Å². The van der Waals surface area contributed by atoms with Gasteiger partial charge in [0.15, 0.2) is 16.6 Å². The molecule has 0 radical (unpaired) electrons. The highest BCUT2D eigenvalue weighted by atomic mass is 79.9. The number of rotatable bonds is 7. The molecule has 1 aliphatic heterocycles. The molecule has 4 aromatic rings. The molecule has 0 aliphatic carbocycles. The number of hydrogen-bond acceptors (Lipinski definition) is 7. The van der Waals surface area contributed by atoms with Crippen molar-refractivity contribution in [2.45, 2.75) is 6.42 Å². The van der Waals surface area contributed by atoms with Crippen molar-refractivity contribution in [3.05, 3.63) is 64.8 Å². The minimum atomic E-state index is -0.207. The summed E-state index contributed by atoms with van der Waals surface area (Å²) < 4.78 is 12.9. The Labute approximate surface area is 204 Å². The summed E-state index contributed by atoms with van der Waals surface area (Å²) >= 11 is 5.02. The average molecular weight is 527 g/mol. The summed E-state index contributed by atoms with van der Waals surface area (Å²) in [6, 6.07) is 17.3. The fourth-order valence-corrected chi connectivity index (χ4v) is 5.36. The van der Waals surface area contributed by atoms with Crippen LogP contribution in [0.1, 0.15) is 16.9 Å². The molecule has 33 heavy (non-hydrogen) atoms. The Balaban J connectivity index is 1.39. The topological polar surface area (TPSA) is 71.7 Å². The molecule has 1 aliphatic rings. The number of hydrogen-bond donors (Lipinski definition) is 0. The molecule has 7 nitrogen and oxygen atoms in total. The zero-order valence-corrected chi connectivity index (χ0v) is 20.3. The third-order valence-electron chi connectivity index (χ3n) is 5.56. The van der Waals surface area contributed by atoms with Gasteiger partial charge in [-0.3, -0.25) is 14.6 Å². The Morgan fingerprint density at radius 1 is 1.12 bits per heavy atom. The van der Waals surface area contributed by atoms with Crippen LogP contribution in [0.5, 0.6) is 0 Å². The quantitative estimate of drug-likeness (QED) is 0.334. The van der Waals surface area contributed by atoms with E-state index in [9.17, 15) is 4.79 Å². The van der Waals surface area contributed by atoms with E-state index < -0.39 is 0 Å². The summed E-state index contributed by atoms with van der Waals surface area (Å²) in [5.74, 6) is 0.362. The third kappa shape index (κ3) is 5.16. The number of benzene rings is 2. The van der Waals surface area contributed by atoms with Gasteiger partial charge in [0.1, 0.15) is 0 Å². The molecule has 0 bridgehead atoms.